The number of nitrogens with zero attached hydrogens (tertiary/aromatic N) is 1. The number of amides is 1. The summed E-state index contributed by atoms with van der Waals surface area (Å²) < 4.78 is 32.2. The third kappa shape index (κ3) is 3.48. The van der Waals surface area contributed by atoms with E-state index >= 15 is 0 Å². The SMILES string of the molecule is N#Cc1cccc(S(=O)(=O)NC(=O)CC2OCCc3ccsc32)c1. The summed E-state index contributed by atoms with van der Waals surface area (Å²) in [6.45, 7) is 0.513. The molecule has 0 saturated carbocycles. The minimum Gasteiger partial charge on any atom is -0.372 e. The Balaban J connectivity index is 1.72. The fourth-order valence-corrected chi connectivity index (χ4v) is 4.57. The highest BCUT2D eigenvalue weighted by atomic mass is 32.2. The number of carbonyl (C=O) groups is 1. The number of hydrogen-bond acceptors (Lipinski definition) is 6. The Morgan fingerprint density at radius 2 is 2.25 bits per heavy atom. The van der Waals surface area contributed by atoms with E-state index in [1.54, 1.807) is 0 Å². The summed E-state index contributed by atoms with van der Waals surface area (Å²) in [5.41, 5.74) is 1.36. The number of hydrogen-bond donors (Lipinski definition) is 1. The summed E-state index contributed by atoms with van der Waals surface area (Å²) >= 11 is 1.50. The predicted octanol–water partition coefficient (Wildman–Crippen LogP) is 2.13. The monoisotopic (exact) mass is 362 g/mol. The highest BCUT2D eigenvalue weighted by Gasteiger charge is 2.27. The molecule has 1 aromatic carbocycles. The second-order valence-electron chi connectivity index (χ2n) is 5.29. The zero-order chi connectivity index (χ0) is 17.2. The molecule has 0 bridgehead atoms. The van der Waals surface area contributed by atoms with Crippen molar-refractivity contribution in [1.29, 1.82) is 5.26 Å². The van der Waals surface area contributed by atoms with E-state index < -0.39 is 22.0 Å². The molecule has 124 valence electrons. The fourth-order valence-electron chi connectivity index (χ4n) is 2.53. The molecule has 1 unspecified atom stereocenters. The molecule has 0 spiro atoms. The second kappa shape index (κ2) is 6.73. The van der Waals surface area contributed by atoms with Crippen LogP contribution in [0.2, 0.25) is 0 Å². The molecule has 24 heavy (non-hydrogen) atoms. The van der Waals surface area contributed by atoms with E-state index in [9.17, 15) is 13.2 Å². The summed E-state index contributed by atoms with van der Waals surface area (Å²) in [6.07, 6.45) is 0.315. The van der Waals surface area contributed by atoms with Crippen LogP contribution in [-0.2, 0) is 26.0 Å². The Morgan fingerprint density at radius 1 is 1.42 bits per heavy atom. The van der Waals surface area contributed by atoms with Gasteiger partial charge in [0.1, 0.15) is 6.10 Å². The Morgan fingerprint density at radius 3 is 3.04 bits per heavy atom. The van der Waals surface area contributed by atoms with Crippen LogP contribution >= 0.6 is 11.3 Å². The van der Waals surface area contributed by atoms with Crippen LogP contribution in [0.4, 0.5) is 0 Å². The van der Waals surface area contributed by atoms with Crippen molar-refractivity contribution < 1.29 is 17.9 Å². The number of fused-ring (bicyclic) bond motifs is 1. The van der Waals surface area contributed by atoms with Gasteiger partial charge in [0.05, 0.1) is 29.6 Å². The van der Waals surface area contributed by atoms with Crippen molar-refractivity contribution in [2.24, 2.45) is 0 Å². The van der Waals surface area contributed by atoms with Crippen LogP contribution in [0.5, 0.6) is 0 Å². The number of sulfonamides is 1. The molecule has 1 aliphatic rings. The molecule has 8 heteroatoms. The minimum atomic E-state index is -4.01. The molecular formula is C16H14N2O4S2. The number of nitriles is 1. The van der Waals surface area contributed by atoms with Crippen molar-refractivity contribution >= 4 is 27.3 Å². The maximum atomic E-state index is 12.3. The molecule has 1 aliphatic heterocycles. The fraction of sp³-hybridized carbons (Fsp3) is 0.250. The van der Waals surface area contributed by atoms with E-state index in [4.69, 9.17) is 10.00 Å². The molecule has 1 atom stereocenters. The molecule has 0 saturated heterocycles. The molecule has 3 rings (SSSR count). The number of rotatable bonds is 4. The molecule has 0 radical (unpaired) electrons. The Kier molecular flexibility index (Phi) is 4.66. The van der Waals surface area contributed by atoms with E-state index in [1.165, 1.54) is 35.6 Å². The molecule has 1 aromatic heterocycles. The normalized spacial score (nSPS) is 16.9. The van der Waals surface area contributed by atoms with Crippen molar-refractivity contribution in [3.8, 4) is 6.07 Å². The van der Waals surface area contributed by atoms with E-state index in [-0.39, 0.29) is 16.9 Å². The minimum absolute atomic E-state index is 0.0648. The van der Waals surface area contributed by atoms with E-state index in [2.05, 4.69) is 0 Å². The summed E-state index contributed by atoms with van der Waals surface area (Å²) in [5.74, 6) is -0.636. The average molecular weight is 362 g/mol. The van der Waals surface area contributed by atoms with Gasteiger partial charge >= 0.3 is 0 Å². The number of nitrogens with one attached hydrogen (secondary N) is 1. The van der Waals surface area contributed by atoms with E-state index in [1.807, 2.05) is 22.2 Å². The van der Waals surface area contributed by atoms with Gasteiger partial charge in [0.25, 0.3) is 10.0 Å². The van der Waals surface area contributed by atoms with Crippen molar-refractivity contribution in [3.05, 3.63) is 51.7 Å². The second-order valence-corrected chi connectivity index (χ2v) is 7.92. The molecule has 1 N–H and O–H groups in total. The number of carbonyl (C=O) groups excluding carboxylic acids is 1. The third-order valence-corrected chi connectivity index (χ3v) is 6.08. The predicted molar refractivity (Wildman–Crippen MR) is 87.8 cm³/mol. The molecule has 6 nitrogen and oxygen atoms in total. The van der Waals surface area contributed by atoms with Crippen LogP contribution in [0.3, 0.4) is 0 Å². The molecule has 0 aliphatic carbocycles. The van der Waals surface area contributed by atoms with Gasteiger partial charge < -0.3 is 4.74 Å². The zero-order valence-electron chi connectivity index (χ0n) is 12.6. The lowest BCUT2D eigenvalue weighted by molar-refractivity contribution is -0.122. The van der Waals surface area contributed by atoms with Crippen LogP contribution < -0.4 is 4.72 Å². The van der Waals surface area contributed by atoms with Gasteiger partial charge in [0.15, 0.2) is 0 Å². The maximum absolute atomic E-state index is 12.3. The zero-order valence-corrected chi connectivity index (χ0v) is 14.2. The van der Waals surface area contributed by atoms with Crippen LogP contribution in [0.25, 0.3) is 0 Å². The van der Waals surface area contributed by atoms with Crippen molar-refractivity contribution in [2.75, 3.05) is 6.61 Å². The smallest absolute Gasteiger partial charge is 0.264 e. The van der Waals surface area contributed by atoms with Crippen LogP contribution in [0.1, 0.15) is 28.5 Å². The van der Waals surface area contributed by atoms with Gasteiger partial charge in [-0.1, -0.05) is 6.07 Å². The number of thiophene rings is 1. The highest BCUT2D eigenvalue weighted by Crippen LogP contribution is 2.33. The van der Waals surface area contributed by atoms with Gasteiger partial charge in [-0.3, -0.25) is 4.79 Å². The molecule has 0 fully saturated rings. The first kappa shape index (κ1) is 16.6. The van der Waals surface area contributed by atoms with Gasteiger partial charge in [0.2, 0.25) is 5.91 Å². The Hall–Kier alpha value is -2.21. The van der Waals surface area contributed by atoms with Crippen molar-refractivity contribution in [1.82, 2.24) is 4.72 Å². The van der Waals surface area contributed by atoms with E-state index in [0.29, 0.717) is 6.61 Å². The topological polar surface area (TPSA) is 96.3 Å². The first-order valence-corrected chi connectivity index (χ1v) is 9.59. The van der Waals surface area contributed by atoms with Crippen molar-refractivity contribution in [3.63, 3.8) is 0 Å². The van der Waals surface area contributed by atoms with Gasteiger partial charge in [-0.05, 0) is 41.6 Å². The number of benzene rings is 1. The highest BCUT2D eigenvalue weighted by molar-refractivity contribution is 7.90. The van der Waals surface area contributed by atoms with Gasteiger partial charge in [-0.25, -0.2) is 13.1 Å². The average Bonchev–Trinajstić information content (AvgIpc) is 3.04. The maximum Gasteiger partial charge on any atom is 0.264 e. The first-order valence-electron chi connectivity index (χ1n) is 7.23. The first-order chi connectivity index (χ1) is 11.5. The lowest BCUT2D eigenvalue weighted by Crippen LogP contribution is -2.32. The van der Waals surface area contributed by atoms with Crippen LogP contribution in [0.15, 0.2) is 40.6 Å². The number of ether oxygens (including phenoxy) is 1. The van der Waals surface area contributed by atoms with Gasteiger partial charge in [-0.2, -0.15) is 5.26 Å². The Labute approximate surface area is 143 Å². The Bertz CT molecular complexity index is 912. The van der Waals surface area contributed by atoms with Crippen molar-refractivity contribution in [2.45, 2.75) is 23.8 Å². The van der Waals surface area contributed by atoms with Gasteiger partial charge in [-0.15, -0.1) is 11.3 Å². The molecule has 1 amide bonds. The summed E-state index contributed by atoms with van der Waals surface area (Å²) in [6, 6.07) is 9.39. The summed E-state index contributed by atoms with van der Waals surface area (Å²) in [4.78, 5) is 13.0. The molecular weight excluding hydrogens is 348 g/mol. The van der Waals surface area contributed by atoms with Crippen LogP contribution in [0, 0.1) is 11.3 Å². The lowest BCUT2D eigenvalue weighted by Gasteiger charge is -2.22. The standard InChI is InChI=1S/C16H14N2O4S2/c17-10-11-2-1-3-13(8-11)24(20,21)18-15(19)9-14-16-12(4-6-22-14)5-7-23-16/h1-3,5,7-8,14H,4,6,9H2,(H,18,19). The third-order valence-electron chi connectivity index (χ3n) is 3.66. The quantitative estimate of drug-likeness (QED) is 0.899. The summed E-state index contributed by atoms with van der Waals surface area (Å²) in [7, 11) is -4.01. The van der Waals surface area contributed by atoms with Gasteiger partial charge in [0, 0.05) is 4.88 Å². The molecule has 2 aromatic rings. The largest absolute Gasteiger partial charge is 0.372 e. The lowest BCUT2D eigenvalue weighted by atomic mass is 10.1. The summed E-state index contributed by atoms with van der Waals surface area (Å²) in [5, 5.41) is 10.8. The molecule has 2 heterocycles. The van der Waals surface area contributed by atoms with Crippen LogP contribution in [-0.4, -0.2) is 20.9 Å². The van der Waals surface area contributed by atoms with E-state index in [0.717, 1.165) is 16.9 Å².